The second-order valence-electron chi connectivity index (χ2n) is 4.57. The first-order chi connectivity index (χ1) is 9.15. The Morgan fingerprint density at radius 3 is 3.00 bits per heavy atom. The van der Waals surface area contributed by atoms with E-state index in [1.807, 2.05) is 0 Å². The molecule has 2 amide bonds. The van der Waals surface area contributed by atoms with Crippen LogP contribution in [0.3, 0.4) is 0 Å². The highest BCUT2D eigenvalue weighted by molar-refractivity contribution is 5.74. The van der Waals surface area contributed by atoms with Crippen LogP contribution in [-0.2, 0) is 11.3 Å². The number of carbonyl (C=O) groups excluding carboxylic acids is 1. The van der Waals surface area contributed by atoms with E-state index in [9.17, 15) is 9.59 Å². The Morgan fingerprint density at radius 2 is 2.32 bits per heavy atom. The van der Waals surface area contributed by atoms with Crippen molar-refractivity contribution in [3.63, 3.8) is 0 Å². The van der Waals surface area contributed by atoms with Crippen molar-refractivity contribution in [2.75, 3.05) is 0 Å². The van der Waals surface area contributed by atoms with Crippen LogP contribution < -0.4 is 10.6 Å². The standard InChI is InChI=1S/C11H16N4O4/c16-10(17)7-2-1-3-8(4-7)14-11(18)12-5-9-13-6-19-15-9/h6-8H,1-5H2,(H,16,17)(H2,12,14,18). The molecule has 3 N–H and O–H groups in total. The quantitative estimate of drug-likeness (QED) is 0.732. The normalized spacial score (nSPS) is 22.7. The Kier molecular flexibility index (Phi) is 4.32. The van der Waals surface area contributed by atoms with Gasteiger partial charge in [-0.3, -0.25) is 4.79 Å². The number of carbonyl (C=O) groups is 2. The lowest BCUT2D eigenvalue weighted by molar-refractivity contribution is -0.143. The summed E-state index contributed by atoms with van der Waals surface area (Å²) in [4.78, 5) is 26.3. The molecular formula is C11H16N4O4. The van der Waals surface area contributed by atoms with Crippen molar-refractivity contribution in [2.45, 2.75) is 38.3 Å². The van der Waals surface area contributed by atoms with Crippen molar-refractivity contribution in [1.82, 2.24) is 20.8 Å². The molecule has 19 heavy (non-hydrogen) atoms. The minimum Gasteiger partial charge on any atom is -0.481 e. The Hall–Kier alpha value is -2.12. The first-order valence-corrected chi connectivity index (χ1v) is 6.17. The van der Waals surface area contributed by atoms with E-state index in [0.29, 0.717) is 18.7 Å². The van der Waals surface area contributed by atoms with Crippen molar-refractivity contribution in [1.29, 1.82) is 0 Å². The summed E-state index contributed by atoms with van der Waals surface area (Å²) in [5, 5.41) is 17.9. The van der Waals surface area contributed by atoms with E-state index in [2.05, 4.69) is 25.3 Å². The number of nitrogens with zero attached hydrogens (tertiary/aromatic N) is 2. The first kappa shape index (κ1) is 13.3. The Morgan fingerprint density at radius 1 is 1.47 bits per heavy atom. The van der Waals surface area contributed by atoms with E-state index >= 15 is 0 Å². The van der Waals surface area contributed by atoms with Gasteiger partial charge in [-0.1, -0.05) is 11.6 Å². The highest BCUT2D eigenvalue weighted by Crippen LogP contribution is 2.24. The van der Waals surface area contributed by atoms with Gasteiger partial charge < -0.3 is 20.3 Å². The predicted octanol–water partition coefficient (Wildman–Crippen LogP) is 0.512. The Balaban J connectivity index is 1.74. The van der Waals surface area contributed by atoms with Gasteiger partial charge in [-0.25, -0.2) is 4.79 Å². The van der Waals surface area contributed by atoms with Crippen LogP contribution in [0.1, 0.15) is 31.5 Å². The molecule has 104 valence electrons. The molecule has 1 fully saturated rings. The van der Waals surface area contributed by atoms with Gasteiger partial charge in [0, 0.05) is 6.04 Å². The lowest BCUT2D eigenvalue weighted by atomic mass is 9.86. The molecule has 8 nitrogen and oxygen atoms in total. The number of carboxylic acid groups (broad SMARTS) is 1. The van der Waals surface area contributed by atoms with Gasteiger partial charge in [0.25, 0.3) is 0 Å². The van der Waals surface area contributed by atoms with Crippen LogP contribution in [0.2, 0.25) is 0 Å². The zero-order valence-electron chi connectivity index (χ0n) is 10.3. The maximum Gasteiger partial charge on any atom is 0.315 e. The smallest absolute Gasteiger partial charge is 0.315 e. The molecule has 1 heterocycles. The van der Waals surface area contributed by atoms with Gasteiger partial charge >= 0.3 is 12.0 Å². The summed E-state index contributed by atoms with van der Waals surface area (Å²) in [6.45, 7) is 0.178. The summed E-state index contributed by atoms with van der Waals surface area (Å²) in [7, 11) is 0. The fraction of sp³-hybridized carbons (Fsp3) is 0.636. The summed E-state index contributed by atoms with van der Waals surface area (Å²) in [5.74, 6) is -0.767. The van der Waals surface area contributed by atoms with Crippen LogP contribution in [0, 0.1) is 5.92 Å². The third-order valence-electron chi connectivity index (χ3n) is 3.17. The maximum atomic E-state index is 11.6. The minimum atomic E-state index is -0.793. The number of hydrogen-bond acceptors (Lipinski definition) is 5. The highest BCUT2D eigenvalue weighted by Gasteiger charge is 2.27. The average molecular weight is 268 g/mol. The third kappa shape index (κ3) is 3.94. The maximum absolute atomic E-state index is 11.6. The summed E-state index contributed by atoms with van der Waals surface area (Å²) in [5.41, 5.74) is 0. The van der Waals surface area contributed by atoms with Gasteiger partial charge in [0.15, 0.2) is 5.82 Å². The van der Waals surface area contributed by atoms with Crippen LogP contribution in [0.4, 0.5) is 4.79 Å². The third-order valence-corrected chi connectivity index (χ3v) is 3.17. The SMILES string of the molecule is O=C(NCc1ncon1)NC1CCCC(C(=O)O)C1. The summed E-state index contributed by atoms with van der Waals surface area (Å²) >= 11 is 0. The number of carboxylic acids is 1. The molecule has 2 atom stereocenters. The van der Waals surface area contributed by atoms with E-state index in [1.54, 1.807) is 0 Å². The topological polar surface area (TPSA) is 117 Å². The van der Waals surface area contributed by atoms with E-state index in [-0.39, 0.29) is 24.5 Å². The molecule has 1 aliphatic carbocycles. The van der Waals surface area contributed by atoms with Gasteiger partial charge in [-0.15, -0.1) is 0 Å². The molecule has 0 bridgehead atoms. The summed E-state index contributed by atoms with van der Waals surface area (Å²) < 4.78 is 4.54. The van der Waals surface area contributed by atoms with Crippen LogP contribution in [0.5, 0.6) is 0 Å². The lowest BCUT2D eigenvalue weighted by Crippen LogP contribution is -2.44. The van der Waals surface area contributed by atoms with E-state index in [4.69, 9.17) is 5.11 Å². The second-order valence-corrected chi connectivity index (χ2v) is 4.57. The minimum absolute atomic E-state index is 0.0971. The summed E-state index contributed by atoms with van der Waals surface area (Å²) in [6.07, 6.45) is 3.96. The molecule has 0 radical (unpaired) electrons. The predicted molar refractivity (Wildman–Crippen MR) is 63.1 cm³/mol. The second kappa shape index (κ2) is 6.17. The number of urea groups is 1. The molecule has 8 heteroatoms. The molecule has 1 aromatic rings. The van der Waals surface area contributed by atoms with E-state index in [1.165, 1.54) is 6.39 Å². The molecular weight excluding hydrogens is 252 g/mol. The number of rotatable bonds is 4. The van der Waals surface area contributed by atoms with Crippen molar-refractivity contribution in [3.05, 3.63) is 12.2 Å². The van der Waals surface area contributed by atoms with Gasteiger partial charge in [0.2, 0.25) is 6.39 Å². The van der Waals surface area contributed by atoms with Crippen LogP contribution in [-0.4, -0.2) is 33.3 Å². The van der Waals surface area contributed by atoms with Crippen molar-refractivity contribution in [2.24, 2.45) is 5.92 Å². The molecule has 1 saturated carbocycles. The van der Waals surface area contributed by atoms with Gasteiger partial charge in [-0.05, 0) is 19.3 Å². The van der Waals surface area contributed by atoms with Crippen molar-refractivity contribution < 1.29 is 19.2 Å². The molecule has 0 saturated heterocycles. The average Bonchev–Trinajstić information content (AvgIpc) is 2.90. The largest absolute Gasteiger partial charge is 0.481 e. The fourth-order valence-electron chi connectivity index (χ4n) is 2.21. The van der Waals surface area contributed by atoms with Crippen LogP contribution >= 0.6 is 0 Å². The lowest BCUT2D eigenvalue weighted by Gasteiger charge is -2.27. The van der Waals surface area contributed by atoms with E-state index in [0.717, 1.165) is 12.8 Å². The van der Waals surface area contributed by atoms with E-state index < -0.39 is 5.97 Å². The first-order valence-electron chi connectivity index (χ1n) is 6.17. The number of aliphatic carboxylic acids is 1. The zero-order chi connectivity index (χ0) is 13.7. The molecule has 1 aliphatic rings. The van der Waals surface area contributed by atoms with Gasteiger partial charge in [-0.2, -0.15) is 4.98 Å². The molecule has 2 unspecified atom stereocenters. The number of hydrogen-bond donors (Lipinski definition) is 3. The highest BCUT2D eigenvalue weighted by atomic mass is 16.5. The summed E-state index contributed by atoms with van der Waals surface area (Å²) in [6, 6.07) is -0.444. The fourth-order valence-corrected chi connectivity index (χ4v) is 2.21. The zero-order valence-corrected chi connectivity index (χ0v) is 10.3. The number of amides is 2. The number of aromatic nitrogens is 2. The molecule has 2 rings (SSSR count). The molecule has 0 aromatic carbocycles. The van der Waals surface area contributed by atoms with Crippen molar-refractivity contribution >= 4 is 12.0 Å². The van der Waals surface area contributed by atoms with Crippen LogP contribution in [0.25, 0.3) is 0 Å². The van der Waals surface area contributed by atoms with Crippen molar-refractivity contribution in [3.8, 4) is 0 Å². The molecule has 0 aliphatic heterocycles. The number of nitrogens with one attached hydrogen (secondary N) is 2. The molecule has 1 aromatic heterocycles. The molecule has 0 spiro atoms. The van der Waals surface area contributed by atoms with Crippen LogP contribution in [0.15, 0.2) is 10.9 Å². The van der Waals surface area contributed by atoms with Gasteiger partial charge in [0.05, 0.1) is 12.5 Å². The van der Waals surface area contributed by atoms with Gasteiger partial charge in [0.1, 0.15) is 0 Å². The Labute approximate surface area is 109 Å². The monoisotopic (exact) mass is 268 g/mol. The Bertz CT molecular complexity index is 434.